The van der Waals surface area contributed by atoms with Gasteiger partial charge in [-0.2, -0.15) is 0 Å². The van der Waals surface area contributed by atoms with E-state index in [9.17, 15) is 13.2 Å². The Labute approximate surface area is 182 Å². The number of fused-ring (bicyclic) bond motifs is 1. The quantitative estimate of drug-likeness (QED) is 0.674. The molecule has 31 heavy (non-hydrogen) atoms. The number of nitrogens with zero attached hydrogens (tertiary/aromatic N) is 3. The summed E-state index contributed by atoms with van der Waals surface area (Å²) in [5.41, 5.74) is 4.71. The van der Waals surface area contributed by atoms with Gasteiger partial charge in [-0.1, -0.05) is 23.8 Å². The lowest BCUT2D eigenvalue weighted by Crippen LogP contribution is -2.39. The van der Waals surface area contributed by atoms with Crippen molar-refractivity contribution in [3.63, 3.8) is 0 Å². The molecule has 1 saturated heterocycles. The smallest absolute Gasteiger partial charge is 0.270 e. The maximum atomic E-state index is 13.1. The van der Waals surface area contributed by atoms with Crippen LogP contribution in [0.25, 0.3) is 10.9 Å². The van der Waals surface area contributed by atoms with Crippen LogP contribution in [0, 0.1) is 20.8 Å². The third kappa shape index (κ3) is 4.12. The fourth-order valence-electron chi connectivity index (χ4n) is 3.99. The maximum absolute atomic E-state index is 13.1. The molecule has 7 nitrogen and oxygen atoms in total. The van der Waals surface area contributed by atoms with Gasteiger partial charge in [0.05, 0.1) is 11.3 Å². The molecular weight excluding hydrogens is 412 g/mol. The molecule has 1 amide bonds. The Morgan fingerprint density at radius 1 is 1.16 bits per heavy atom. The monoisotopic (exact) mass is 438 g/mol. The van der Waals surface area contributed by atoms with E-state index in [1.54, 1.807) is 25.3 Å². The number of hydrogen-bond acceptors (Lipinski definition) is 5. The normalized spacial score (nSPS) is 15.8. The van der Waals surface area contributed by atoms with Gasteiger partial charge in [-0.25, -0.2) is 13.4 Å². The summed E-state index contributed by atoms with van der Waals surface area (Å²) in [7, 11) is -3.48. The minimum atomic E-state index is -3.48. The number of benzene rings is 1. The van der Waals surface area contributed by atoms with E-state index >= 15 is 0 Å². The zero-order valence-electron chi connectivity index (χ0n) is 18.0. The summed E-state index contributed by atoms with van der Waals surface area (Å²) in [4.78, 5) is 22.1. The highest BCUT2D eigenvalue weighted by Crippen LogP contribution is 2.31. The molecule has 1 aromatic carbocycles. The number of aromatic nitrogens is 2. The molecule has 0 atom stereocenters. The summed E-state index contributed by atoms with van der Waals surface area (Å²) in [6.45, 7) is 6.55. The molecular formula is C23H26N4O3S. The molecule has 0 unspecified atom stereocenters. The van der Waals surface area contributed by atoms with Crippen molar-refractivity contribution < 1.29 is 13.2 Å². The third-order valence-electron chi connectivity index (χ3n) is 5.71. The van der Waals surface area contributed by atoms with Crippen molar-refractivity contribution in [2.24, 2.45) is 0 Å². The summed E-state index contributed by atoms with van der Waals surface area (Å²) in [6, 6.07) is 9.64. The molecule has 0 saturated carbocycles. The van der Waals surface area contributed by atoms with E-state index in [0.29, 0.717) is 36.0 Å². The molecule has 1 N–H and O–H groups in total. The third-order valence-corrected chi connectivity index (χ3v) is 7.55. The molecule has 162 valence electrons. The van der Waals surface area contributed by atoms with E-state index in [1.807, 2.05) is 26.0 Å². The van der Waals surface area contributed by atoms with Gasteiger partial charge in [-0.3, -0.25) is 14.1 Å². The number of anilines is 1. The highest BCUT2D eigenvalue weighted by atomic mass is 32.2. The van der Waals surface area contributed by atoms with E-state index in [4.69, 9.17) is 0 Å². The number of carbonyl (C=O) groups is 1. The molecule has 1 aliphatic rings. The van der Waals surface area contributed by atoms with Gasteiger partial charge in [0.1, 0.15) is 5.69 Å². The van der Waals surface area contributed by atoms with Gasteiger partial charge in [-0.05, 0) is 56.9 Å². The number of aryl methyl sites for hydroxylation is 3. The number of nitrogens with one attached hydrogen (secondary N) is 1. The van der Waals surface area contributed by atoms with Crippen molar-refractivity contribution >= 4 is 32.7 Å². The standard InChI is InChI=1S/C23H26N4O3S/c1-15-8-9-18(16(2)13-15)14-25-23(28)21-17(3)20-19(7-6-10-24-20)22(26-21)27-11-4-5-12-31(27,29)30/h6-10,13H,4-5,11-12,14H2,1-3H3,(H,25,28). The summed E-state index contributed by atoms with van der Waals surface area (Å²) < 4.78 is 26.8. The largest absolute Gasteiger partial charge is 0.347 e. The topological polar surface area (TPSA) is 92.3 Å². The van der Waals surface area contributed by atoms with Gasteiger partial charge >= 0.3 is 0 Å². The first-order valence-electron chi connectivity index (χ1n) is 10.4. The van der Waals surface area contributed by atoms with Crippen LogP contribution in [0.2, 0.25) is 0 Å². The van der Waals surface area contributed by atoms with Crippen molar-refractivity contribution in [2.75, 3.05) is 16.6 Å². The van der Waals surface area contributed by atoms with Gasteiger partial charge < -0.3 is 5.32 Å². The van der Waals surface area contributed by atoms with Crippen LogP contribution in [-0.2, 0) is 16.6 Å². The molecule has 4 rings (SSSR count). The number of rotatable bonds is 4. The van der Waals surface area contributed by atoms with Crippen LogP contribution in [0.4, 0.5) is 5.82 Å². The average molecular weight is 439 g/mol. The first-order chi connectivity index (χ1) is 14.8. The van der Waals surface area contributed by atoms with Crippen LogP contribution < -0.4 is 9.62 Å². The molecule has 2 aromatic heterocycles. The van der Waals surface area contributed by atoms with Crippen LogP contribution in [0.1, 0.15) is 45.6 Å². The van der Waals surface area contributed by atoms with E-state index in [-0.39, 0.29) is 23.2 Å². The second-order valence-corrected chi connectivity index (χ2v) is 10.0. The Bertz CT molecular complexity index is 1270. The van der Waals surface area contributed by atoms with Gasteiger partial charge in [0.25, 0.3) is 5.91 Å². The van der Waals surface area contributed by atoms with Crippen LogP contribution in [-0.4, -0.2) is 36.6 Å². The zero-order chi connectivity index (χ0) is 22.2. The summed E-state index contributed by atoms with van der Waals surface area (Å²) in [5, 5.41) is 3.57. The summed E-state index contributed by atoms with van der Waals surface area (Å²) in [6.07, 6.45) is 3.02. The number of amides is 1. The molecule has 1 fully saturated rings. The summed E-state index contributed by atoms with van der Waals surface area (Å²) >= 11 is 0. The maximum Gasteiger partial charge on any atom is 0.270 e. The number of carbonyl (C=O) groups excluding carboxylic acids is 1. The van der Waals surface area contributed by atoms with Gasteiger partial charge in [0.15, 0.2) is 5.82 Å². The van der Waals surface area contributed by atoms with Crippen molar-refractivity contribution in [3.8, 4) is 0 Å². The van der Waals surface area contributed by atoms with Crippen molar-refractivity contribution in [3.05, 3.63) is 64.5 Å². The average Bonchev–Trinajstić information content (AvgIpc) is 2.73. The Balaban J connectivity index is 1.74. The number of pyridine rings is 2. The number of sulfonamides is 1. The Kier molecular flexibility index (Phi) is 5.66. The van der Waals surface area contributed by atoms with E-state index in [2.05, 4.69) is 21.4 Å². The van der Waals surface area contributed by atoms with E-state index < -0.39 is 10.0 Å². The Morgan fingerprint density at radius 3 is 2.71 bits per heavy atom. The minimum absolute atomic E-state index is 0.0819. The lowest BCUT2D eigenvalue weighted by Gasteiger charge is -2.28. The Morgan fingerprint density at radius 2 is 1.97 bits per heavy atom. The second-order valence-electron chi connectivity index (χ2n) is 8.02. The first kappa shape index (κ1) is 21.2. The fourth-order valence-corrected chi connectivity index (χ4v) is 5.59. The fraction of sp³-hybridized carbons (Fsp3) is 0.348. The van der Waals surface area contributed by atoms with Crippen molar-refractivity contribution in [1.82, 2.24) is 15.3 Å². The van der Waals surface area contributed by atoms with Gasteiger partial charge in [0.2, 0.25) is 10.0 Å². The molecule has 8 heteroatoms. The van der Waals surface area contributed by atoms with Crippen LogP contribution in [0.3, 0.4) is 0 Å². The predicted molar refractivity (Wildman–Crippen MR) is 122 cm³/mol. The molecule has 3 aromatic rings. The summed E-state index contributed by atoms with van der Waals surface area (Å²) in [5.74, 6) is 0.0178. The second kappa shape index (κ2) is 8.26. The molecule has 0 bridgehead atoms. The molecule has 1 aliphatic heterocycles. The van der Waals surface area contributed by atoms with Crippen molar-refractivity contribution in [1.29, 1.82) is 0 Å². The molecule has 0 radical (unpaired) electrons. The molecule has 0 spiro atoms. The van der Waals surface area contributed by atoms with Crippen LogP contribution >= 0.6 is 0 Å². The Hall–Kier alpha value is -3.00. The van der Waals surface area contributed by atoms with E-state index in [0.717, 1.165) is 23.1 Å². The van der Waals surface area contributed by atoms with Crippen molar-refractivity contribution in [2.45, 2.75) is 40.2 Å². The van der Waals surface area contributed by atoms with Crippen LogP contribution in [0.5, 0.6) is 0 Å². The SMILES string of the molecule is Cc1ccc(CNC(=O)c2nc(N3CCCCS3(=O)=O)c3cccnc3c2C)c(C)c1. The van der Waals surface area contributed by atoms with Crippen LogP contribution in [0.15, 0.2) is 36.5 Å². The molecule has 0 aliphatic carbocycles. The molecule has 3 heterocycles. The highest BCUT2D eigenvalue weighted by Gasteiger charge is 2.30. The number of hydrogen-bond donors (Lipinski definition) is 1. The lowest BCUT2D eigenvalue weighted by atomic mass is 10.1. The lowest BCUT2D eigenvalue weighted by molar-refractivity contribution is 0.0945. The van der Waals surface area contributed by atoms with Gasteiger partial charge in [0, 0.05) is 30.2 Å². The highest BCUT2D eigenvalue weighted by molar-refractivity contribution is 7.92. The zero-order valence-corrected chi connectivity index (χ0v) is 18.8. The van der Waals surface area contributed by atoms with Gasteiger partial charge in [-0.15, -0.1) is 0 Å². The first-order valence-corrected chi connectivity index (χ1v) is 12.0. The predicted octanol–water partition coefficient (Wildman–Crippen LogP) is 3.42. The van der Waals surface area contributed by atoms with E-state index in [1.165, 1.54) is 4.31 Å². The minimum Gasteiger partial charge on any atom is -0.347 e.